The molecule has 3 N–H and O–H groups in total. The van der Waals surface area contributed by atoms with Gasteiger partial charge in [-0.2, -0.15) is 5.10 Å². The van der Waals surface area contributed by atoms with Crippen molar-refractivity contribution in [2.45, 2.75) is 6.42 Å². The van der Waals surface area contributed by atoms with Crippen molar-refractivity contribution in [2.75, 3.05) is 42.5 Å². The van der Waals surface area contributed by atoms with Gasteiger partial charge in [0.05, 0.1) is 17.4 Å². The zero-order chi connectivity index (χ0) is 17.9. The number of benzene rings is 1. The molecule has 8 heteroatoms. The van der Waals surface area contributed by atoms with Crippen LogP contribution in [0.15, 0.2) is 41.3 Å². The van der Waals surface area contributed by atoms with Crippen LogP contribution in [-0.2, 0) is 6.42 Å². The molecule has 0 unspecified atom stereocenters. The lowest BCUT2D eigenvalue weighted by atomic mass is 10.2. The quantitative estimate of drug-likeness (QED) is 0.707. The average molecular weight is 351 g/mol. The molecule has 26 heavy (non-hydrogen) atoms. The maximum absolute atomic E-state index is 11.5. The highest BCUT2D eigenvalue weighted by Crippen LogP contribution is 2.25. The van der Waals surface area contributed by atoms with Gasteiger partial charge >= 0.3 is 0 Å². The molecule has 0 atom stereocenters. The fourth-order valence-electron chi connectivity index (χ4n) is 3.30. The van der Waals surface area contributed by atoms with Gasteiger partial charge in [0.1, 0.15) is 11.6 Å². The van der Waals surface area contributed by atoms with Gasteiger partial charge in [0.25, 0.3) is 5.56 Å². The Bertz CT molecular complexity index is 963. The Morgan fingerprint density at radius 3 is 2.62 bits per heavy atom. The number of aromatic amines is 1. The first-order valence-electron chi connectivity index (χ1n) is 8.75. The van der Waals surface area contributed by atoms with Crippen LogP contribution in [0.5, 0.6) is 0 Å². The van der Waals surface area contributed by atoms with E-state index in [1.54, 1.807) is 12.3 Å². The second-order valence-corrected chi connectivity index (χ2v) is 6.30. The van der Waals surface area contributed by atoms with Crippen molar-refractivity contribution in [3.63, 3.8) is 0 Å². The number of para-hydroxylation sites is 1. The first kappa shape index (κ1) is 16.5. The third kappa shape index (κ3) is 3.23. The van der Waals surface area contributed by atoms with Crippen LogP contribution in [0.4, 0.5) is 11.5 Å². The van der Waals surface area contributed by atoms with E-state index in [-0.39, 0.29) is 5.56 Å². The molecule has 0 radical (unpaired) electrons. The lowest BCUT2D eigenvalue weighted by Crippen LogP contribution is -2.47. The molecule has 8 nitrogen and oxygen atoms in total. The summed E-state index contributed by atoms with van der Waals surface area (Å²) < 4.78 is 0. The molecule has 0 spiro atoms. The fraction of sp³-hybridized carbons (Fsp3) is 0.333. The molecule has 3 aromatic rings. The number of piperazine rings is 1. The van der Waals surface area contributed by atoms with Crippen LogP contribution >= 0.6 is 0 Å². The highest BCUT2D eigenvalue weighted by atomic mass is 16.1. The van der Waals surface area contributed by atoms with Crippen LogP contribution < -0.4 is 21.1 Å². The summed E-state index contributed by atoms with van der Waals surface area (Å²) in [4.78, 5) is 25.3. The number of nitrogens with one attached hydrogen (secondary N) is 1. The van der Waals surface area contributed by atoms with E-state index in [0.29, 0.717) is 13.0 Å². The minimum Gasteiger partial charge on any atom is -0.367 e. The lowest BCUT2D eigenvalue weighted by molar-refractivity contribution is 0.645. The van der Waals surface area contributed by atoms with Crippen molar-refractivity contribution in [3.8, 4) is 0 Å². The van der Waals surface area contributed by atoms with E-state index in [1.807, 2.05) is 18.2 Å². The van der Waals surface area contributed by atoms with E-state index < -0.39 is 0 Å². The minimum absolute atomic E-state index is 0.182. The lowest BCUT2D eigenvalue weighted by Gasteiger charge is -2.36. The molecule has 4 rings (SSSR count). The fourth-order valence-corrected chi connectivity index (χ4v) is 3.30. The van der Waals surface area contributed by atoms with Gasteiger partial charge in [-0.05, 0) is 18.7 Å². The number of rotatable bonds is 4. The maximum Gasteiger partial charge on any atom is 0.266 e. The van der Waals surface area contributed by atoms with Crippen molar-refractivity contribution in [3.05, 3.63) is 52.7 Å². The number of H-pyrrole nitrogens is 1. The highest BCUT2D eigenvalue weighted by molar-refractivity contribution is 5.89. The number of fused-ring (bicyclic) bond motifs is 1. The summed E-state index contributed by atoms with van der Waals surface area (Å²) in [5.41, 5.74) is 7.31. The van der Waals surface area contributed by atoms with E-state index in [4.69, 9.17) is 10.7 Å². The van der Waals surface area contributed by atoms with Gasteiger partial charge in [0, 0.05) is 44.1 Å². The SMILES string of the molecule is NCCc1nc(N2CCN(c3cn[nH]c(=O)c3)CC2)c2ccccc2n1. The average Bonchev–Trinajstić information content (AvgIpc) is 2.68. The Balaban J connectivity index is 1.60. The molecule has 0 saturated carbocycles. The van der Waals surface area contributed by atoms with Gasteiger partial charge in [-0.25, -0.2) is 15.1 Å². The summed E-state index contributed by atoms with van der Waals surface area (Å²) >= 11 is 0. The van der Waals surface area contributed by atoms with Crippen LogP contribution in [0.2, 0.25) is 0 Å². The summed E-state index contributed by atoms with van der Waals surface area (Å²) in [6, 6.07) is 9.66. The molecular formula is C18H21N7O. The smallest absolute Gasteiger partial charge is 0.266 e. The molecule has 2 aromatic heterocycles. The summed E-state index contributed by atoms with van der Waals surface area (Å²) in [7, 11) is 0. The van der Waals surface area contributed by atoms with Crippen LogP contribution in [0.3, 0.4) is 0 Å². The molecule has 1 saturated heterocycles. The first-order valence-corrected chi connectivity index (χ1v) is 8.75. The Morgan fingerprint density at radius 2 is 1.85 bits per heavy atom. The predicted molar refractivity (Wildman–Crippen MR) is 102 cm³/mol. The molecule has 134 valence electrons. The van der Waals surface area contributed by atoms with E-state index in [0.717, 1.165) is 54.4 Å². The van der Waals surface area contributed by atoms with Crippen LogP contribution in [0, 0.1) is 0 Å². The summed E-state index contributed by atoms with van der Waals surface area (Å²) in [5, 5.41) is 7.35. The predicted octanol–water partition coefficient (Wildman–Crippen LogP) is 0.541. The third-order valence-electron chi connectivity index (χ3n) is 4.59. The Labute approximate surface area is 150 Å². The van der Waals surface area contributed by atoms with Gasteiger partial charge in [-0.15, -0.1) is 0 Å². The third-order valence-corrected chi connectivity index (χ3v) is 4.59. The van der Waals surface area contributed by atoms with Crippen LogP contribution in [-0.4, -0.2) is 52.9 Å². The van der Waals surface area contributed by atoms with Crippen molar-refractivity contribution in [1.29, 1.82) is 0 Å². The van der Waals surface area contributed by atoms with Gasteiger partial charge in [-0.1, -0.05) is 12.1 Å². The van der Waals surface area contributed by atoms with Crippen molar-refractivity contribution >= 4 is 22.4 Å². The zero-order valence-corrected chi connectivity index (χ0v) is 14.4. The van der Waals surface area contributed by atoms with Gasteiger partial charge in [-0.3, -0.25) is 4.79 Å². The Morgan fingerprint density at radius 1 is 1.08 bits per heavy atom. The van der Waals surface area contributed by atoms with Crippen LogP contribution in [0.1, 0.15) is 5.82 Å². The molecule has 1 aliphatic heterocycles. The minimum atomic E-state index is -0.182. The molecule has 0 bridgehead atoms. The van der Waals surface area contributed by atoms with Crippen LogP contribution in [0.25, 0.3) is 10.9 Å². The van der Waals surface area contributed by atoms with E-state index >= 15 is 0 Å². The Hall–Kier alpha value is -3.00. The van der Waals surface area contributed by atoms with E-state index in [9.17, 15) is 4.79 Å². The molecular weight excluding hydrogens is 330 g/mol. The topological polar surface area (TPSA) is 104 Å². The van der Waals surface area contributed by atoms with E-state index in [2.05, 4.69) is 31.0 Å². The molecule has 1 aromatic carbocycles. The number of nitrogens with two attached hydrogens (primary N) is 1. The van der Waals surface area contributed by atoms with Crippen molar-refractivity contribution in [1.82, 2.24) is 20.2 Å². The van der Waals surface area contributed by atoms with E-state index in [1.165, 1.54) is 0 Å². The largest absolute Gasteiger partial charge is 0.367 e. The molecule has 1 fully saturated rings. The summed E-state index contributed by atoms with van der Waals surface area (Å²) in [5.74, 6) is 1.74. The number of anilines is 2. The normalized spacial score (nSPS) is 14.8. The van der Waals surface area contributed by atoms with Crippen molar-refractivity contribution < 1.29 is 0 Å². The van der Waals surface area contributed by atoms with Gasteiger partial charge < -0.3 is 15.5 Å². The maximum atomic E-state index is 11.5. The molecule has 3 heterocycles. The second kappa shape index (κ2) is 7.09. The number of aromatic nitrogens is 4. The standard InChI is InChI=1S/C18H21N7O/c19-6-5-16-21-15-4-2-1-3-14(15)18(22-16)25-9-7-24(8-10-25)13-11-17(26)23-20-12-13/h1-4,11-12H,5-10,19H2,(H,23,26). The van der Waals surface area contributed by atoms with Crippen molar-refractivity contribution in [2.24, 2.45) is 5.73 Å². The van der Waals surface area contributed by atoms with Gasteiger partial charge in [0.15, 0.2) is 0 Å². The van der Waals surface area contributed by atoms with Gasteiger partial charge in [0.2, 0.25) is 0 Å². The zero-order valence-electron chi connectivity index (χ0n) is 14.4. The summed E-state index contributed by atoms with van der Waals surface area (Å²) in [6.45, 7) is 3.76. The Kier molecular flexibility index (Phi) is 4.49. The monoisotopic (exact) mass is 351 g/mol. The summed E-state index contributed by atoms with van der Waals surface area (Å²) in [6.07, 6.45) is 2.35. The second-order valence-electron chi connectivity index (χ2n) is 6.30. The number of hydrogen-bond donors (Lipinski definition) is 2. The molecule has 0 aliphatic carbocycles. The number of hydrogen-bond acceptors (Lipinski definition) is 7. The highest BCUT2D eigenvalue weighted by Gasteiger charge is 2.21. The number of nitrogens with zero attached hydrogens (tertiary/aromatic N) is 5. The molecule has 1 aliphatic rings. The molecule has 0 amide bonds. The first-order chi connectivity index (χ1) is 12.7.